The van der Waals surface area contributed by atoms with E-state index in [-0.39, 0.29) is 12.4 Å². The third-order valence-corrected chi connectivity index (χ3v) is 4.81. The normalized spacial score (nSPS) is 14.9. The molecule has 1 atom stereocenters. The second kappa shape index (κ2) is 7.72. The number of aryl methyl sites for hydroxylation is 1. The molecule has 0 amide bonds. The van der Waals surface area contributed by atoms with Crippen molar-refractivity contribution in [3.63, 3.8) is 0 Å². The SMILES string of the molecule is Cc1ccc(C(Oc2ccccc2)(C2=COCO2)c2cccc(C(=O)O)c2)cc1. The maximum Gasteiger partial charge on any atom is 0.335 e. The first-order valence-electron chi connectivity index (χ1n) is 9.20. The molecular weight excluding hydrogens is 368 g/mol. The van der Waals surface area contributed by atoms with Crippen LogP contribution in [0.3, 0.4) is 0 Å². The molecule has 3 aromatic rings. The summed E-state index contributed by atoms with van der Waals surface area (Å²) in [7, 11) is 0. The molecule has 0 fully saturated rings. The Morgan fingerprint density at radius 2 is 1.72 bits per heavy atom. The molecule has 0 bridgehead atoms. The predicted molar refractivity (Wildman–Crippen MR) is 108 cm³/mol. The fraction of sp³-hybridized carbons (Fsp3) is 0.125. The molecule has 1 heterocycles. The van der Waals surface area contributed by atoms with E-state index in [0.29, 0.717) is 17.1 Å². The Bertz CT molecular complexity index is 1040. The minimum atomic E-state index is -1.21. The zero-order valence-electron chi connectivity index (χ0n) is 15.9. The van der Waals surface area contributed by atoms with Crippen molar-refractivity contribution in [1.82, 2.24) is 0 Å². The predicted octanol–water partition coefficient (Wildman–Crippen LogP) is 4.86. The van der Waals surface area contributed by atoms with Gasteiger partial charge in [0.25, 0.3) is 0 Å². The van der Waals surface area contributed by atoms with Crippen molar-refractivity contribution in [1.29, 1.82) is 0 Å². The highest BCUT2D eigenvalue weighted by Gasteiger charge is 2.45. The van der Waals surface area contributed by atoms with Crippen molar-refractivity contribution in [2.45, 2.75) is 12.5 Å². The maximum atomic E-state index is 11.6. The lowest BCUT2D eigenvalue weighted by Gasteiger charge is -2.35. The second-order valence-electron chi connectivity index (χ2n) is 6.76. The fourth-order valence-electron chi connectivity index (χ4n) is 3.37. The number of para-hydroxylation sites is 1. The molecular formula is C24H20O5. The summed E-state index contributed by atoms with van der Waals surface area (Å²) in [6, 6.07) is 23.9. The Labute approximate surface area is 168 Å². The van der Waals surface area contributed by atoms with Crippen molar-refractivity contribution in [2.24, 2.45) is 0 Å². The maximum absolute atomic E-state index is 11.6. The molecule has 1 aliphatic heterocycles. The Morgan fingerprint density at radius 3 is 2.38 bits per heavy atom. The molecule has 0 saturated heterocycles. The van der Waals surface area contributed by atoms with Gasteiger partial charge in [0.05, 0.1) is 5.56 Å². The van der Waals surface area contributed by atoms with E-state index in [4.69, 9.17) is 14.2 Å². The minimum absolute atomic E-state index is 0.0692. The van der Waals surface area contributed by atoms with Crippen LogP contribution >= 0.6 is 0 Å². The largest absolute Gasteiger partial charge is 0.478 e. The summed E-state index contributed by atoms with van der Waals surface area (Å²) in [5.41, 5.74) is 1.47. The molecule has 1 unspecified atom stereocenters. The molecule has 0 aromatic heterocycles. The molecule has 0 spiro atoms. The number of aromatic carboxylic acids is 1. The van der Waals surface area contributed by atoms with Crippen LogP contribution < -0.4 is 4.74 Å². The zero-order chi connectivity index (χ0) is 20.3. The minimum Gasteiger partial charge on any atom is -0.478 e. The Kier molecular flexibility index (Phi) is 4.96. The van der Waals surface area contributed by atoms with E-state index >= 15 is 0 Å². The average Bonchev–Trinajstić information content (AvgIpc) is 3.29. The van der Waals surface area contributed by atoms with Gasteiger partial charge in [-0.25, -0.2) is 4.79 Å². The number of carboxylic acid groups (broad SMARTS) is 1. The summed E-state index contributed by atoms with van der Waals surface area (Å²) in [6.07, 6.45) is 1.52. The van der Waals surface area contributed by atoms with Gasteiger partial charge in [0.1, 0.15) is 12.0 Å². The molecule has 1 aliphatic rings. The summed E-state index contributed by atoms with van der Waals surface area (Å²) in [4.78, 5) is 11.6. The van der Waals surface area contributed by atoms with Crippen LogP contribution in [0.15, 0.2) is 90.9 Å². The summed E-state index contributed by atoms with van der Waals surface area (Å²) in [5, 5.41) is 9.53. The number of rotatable bonds is 6. The van der Waals surface area contributed by atoms with Crippen molar-refractivity contribution >= 4 is 5.97 Å². The van der Waals surface area contributed by atoms with E-state index in [9.17, 15) is 9.90 Å². The quantitative estimate of drug-likeness (QED) is 0.653. The van der Waals surface area contributed by atoms with Crippen molar-refractivity contribution in [3.05, 3.63) is 113 Å². The summed E-state index contributed by atoms with van der Waals surface area (Å²) < 4.78 is 17.7. The first-order valence-corrected chi connectivity index (χ1v) is 9.20. The fourth-order valence-corrected chi connectivity index (χ4v) is 3.37. The highest BCUT2D eigenvalue weighted by Crippen LogP contribution is 2.43. The third-order valence-electron chi connectivity index (χ3n) is 4.81. The van der Waals surface area contributed by atoms with Crippen LogP contribution in [-0.4, -0.2) is 17.9 Å². The highest BCUT2D eigenvalue weighted by atomic mass is 16.7. The molecule has 0 saturated carbocycles. The molecule has 5 heteroatoms. The Balaban J connectivity index is 1.98. The summed E-state index contributed by atoms with van der Waals surface area (Å²) in [5.74, 6) is 0.0554. The van der Waals surface area contributed by atoms with Gasteiger partial charge in [0.15, 0.2) is 5.76 Å². The van der Waals surface area contributed by atoms with Crippen LogP contribution in [0.1, 0.15) is 27.0 Å². The van der Waals surface area contributed by atoms with E-state index < -0.39 is 11.6 Å². The molecule has 0 radical (unpaired) electrons. The van der Waals surface area contributed by atoms with Gasteiger partial charge < -0.3 is 19.3 Å². The highest BCUT2D eigenvalue weighted by molar-refractivity contribution is 5.88. The van der Waals surface area contributed by atoms with Gasteiger partial charge in [0, 0.05) is 11.1 Å². The van der Waals surface area contributed by atoms with Gasteiger partial charge in [-0.2, -0.15) is 0 Å². The van der Waals surface area contributed by atoms with E-state index in [1.54, 1.807) is 18.2 Å². The number of carbonyl (C=O) groups is 1. The molecule has 4 rings (SSSR count). The summed E-state index contributed by atoms with van der Waals surface area (Å²) >= 11 is 0. The third kappa shape index (κ3) is 3.55. The van der Waals surface area contributed by atoms with Crippen molar-refractivity contribution in [3.8, 4) is 5.75 Å². The van der Waals surface area contributed by atoms with Gasteiger partial charge in [-0.05, 0) is 31.2 Å². The number of ether oxygens (including phenoxy) is 3. The van der Waals surface area contributed by atoms with Crippen molar-refractivity contribution in [2.75, 3.05) is 6.79 Å². The van der Waals surface area contributed by atoms with Crippen LogP contribution in [0.5, 0.6) is 5.75 Å². The first kappa shape index (κ1) is 18.6. The molecule has 5 nitrogen and oxygen atoms in total. The summed E-state index contributed by atoms with van der Waals surface area (Å²) in [6.45, 7) is 2.07. The van der Waals surface area contributed by atoms with Crippen LogP contribution in [0.25, 0.3) is 0 Å². The van der Waals surface area contributed by atoms with Gasteiger partial charge in [-0.3, -0.25) is 0 Å². The molecule has 3 aromatic carbocycles. The average molecular weight is 388 g/mol. The molecule has 1 N–H and O–H groups in total. The lowest BCUT2D eigenvalue weighted by molar-refractivity contribution is 0.0286. The monoisotopic (exact) mass is 388 g/mol. The molecule has 0 aliphatic carbocycles. The Hall–Kier alpha value is -3.73. The molecule has 146 valence electrons. The van der Waals surface area contributed by atoms with E-state index in [2.05, 4.69) is 0 Å². The number of benzene rings is 3. The zero-order valence-corrected chi connectivity index (χ0v) is 15.9. The van der Waals surface area contributed by atoms with Crippen molar-refractivity contribution < 1.29 is 24.1 Å². The van der Waals surface area contributed by atoms with Crippen LogP contribution in [0, 0.1) is 6.92 Å². The standard InChI is InChI=1S/C24H20O5/c1-17-10-12-19(13-11-17)24(22-15-27-16-28-22,29-21-8-3-2-4-9-21)20-7-5-6-18(14-20)23(25)26/h2-15H,16H2,1H3,(H,25,26). The molecule has 29 heavy (non-hydrogen) atoms. The number of hydrogen-bond acceptors (Lipinski definition) is 4. The van der Waals surface area contributed by atoms with Gasteiger partial charge >= 0.3 is 5.97 Å². The first-order chi connectivity index (χ1) is 14.1. The van der Waals surface area contributed by atoms with Gasteiger partial charge in [-0.1, -0.05) is 60.2 Å². The van der Waals surface area contributed by atoms with Crippen LogP contribution in [0.4, 0.5) is 0 Å². The van der Waals surface area contributed by atoms with Crippen LogP contribution in [0.2, 0.25) is 0 Å². The lowest BCUT2D eigenvalue weighted by Crippen LogP contribution is -2.37. The number of carboxylic acids is 1. The number of hydrogen-bond donors (Lipinski definition) is 1. The van der Waals surface area contributed by atoms with E-state index in [0.717, 1.165) is 11.1 Å². The van der Waals surface area contributed by atoms with Gasteiger partial charge in [0.2, 0.25) is 12.4 Å². The van der Waals surface area contributed by atoms with Crippen LogP contribution in [-0.2, 0) is 15.1 Å². The lowest BCUT2D eigenvalue weighted by atomic mass is 9.83. The topological polar surface area (TPSA) is 65.0 Å². The van der Waals surface area contributed by atoms with E-state index in [1.165, 1.54) is 6.26 Å². The second-order valence-corrected chi connectivity index (χ2v) is 6.76. The van der Waals surface area contributed by atoms with E-state index in [1.807, 2.05) is 67.6 Å². The van der Waals surface area contributed by atoms with Gasteiger partial charge in [-0.15, -0.1) is 0 Å². The smallest absolute Gasteiger partial charge is 0.335 e. The Morgan fingerprint density at radius 1 is 0.966 bits per heavy atom.